The summed E-state index contributed by atoms with van der Waals surface area (Å²) >= 11 is 3.27. The van der Waals surface area contributed by atoms with E-state index in [0.717, 1.165) is 23.9 Å². The third-order valence-electron chi connectivity index (χ3n) is 2.50. The quantitative estimate of drug-likeness (QED) is 0.817. The third kappa shape index (κ3) is 3.51. The fourth-order valence-corrected chi connectivity index (χ4v) is 3.18. The van der Waals surface area contributed by atoms with Crippen molar-refractivity contribution in [3.8, 4) is 0 Å². The highest BCUT2D eigenvalue weighted by atomic mass is 32.1. The Labute approximate surface area is 115 Å². The van der Waals surface area contributed by atoms with Gasteiger partial charge in [-0.1, -0.05) is 0 Å². The van der Waals surface area contributed by atoms with Gasteiger partial charge < -0.3 is 9.64 Å². The number of methoxy groups -OCH3 is 1. The van der Waals surface area contributed by atoms with Crippen LogP contribution in [0.2, 0.25) is 0 Å². The fraction of sp³-hybridized carbons (Fsp3) is 0.500. The van der Waals surface area contributed by atoms with Crippen molar-refractivity contribution in [2.24, 2.45) is 0 Å². The van der Waals surface area contributed by atoms with Crippen LogP contribution in [0.25, 0.3) is 0 Å². The van der Waals surface area contributed by atoms with Crippen LogP contribution in [0, 0.1) is 6.92 Å². The van der Waals surface area contributed by atoms with Gasteiger partial charge >= 0.3 is 0 Å². The number of hydrogen-bond acceptors (Lipinski definition) is 6. The topological polar surface area (TPSA) is 38.2 Å². The summed E-state index contributed by atoms with van der Waals surface area (Å²) in [5.74, 6) is 0.867. The minimum atomic E-state index is 0.671. The molecule has 0 spiro atoms. The first-order valence-electron chi connectivity index (χ1n) is 5.77. The lowest BCUT2D eigenvalue weighted by Gasteiger charge is -2.13. The van der Waals surface area contributed by atoms with Crippen molar-refractivity contribution in [2.75, 3.05) is 25.7 Å². The van der Waals surface area contributed by atoms with Gasteiger partial charge in [0.2, 0.25) is 5.13 Å². The summed E-state index contributed by atoms with van der Waals surface area (Å²) in [4.78, 5) is 9.34. The first-order chi connectivity index (χ1) is 8.69. The van der Waals surface area contributed by atoms with Gasteiger partial charge in [-0.25, -0.2) is 4.98 Å². The van der Waals surface area contributed by atoms with E-state index in [1.54, 1.807) is 7.11 Å². The molecule has 0 aromatic carbocycles. The van der Waals surface area contributed by atoms with Crippen LogP contribution in [-0.2, 0) is 17.7 Å². The van der Waals surface area contributed by atoms with E-state index in [1.165, 1.54) is 21.3 Å². The summed E-state index contributed by atoms with van der Waals surface area (Å²) in [5.41, 5.74) is 0. The molecule has 0 unspecified atom stereocenters. The molecule has 98 valence electrons. The van der Waals surface area contributed by atoms with Crippen LogP contribution in [0.5, 0.6) is 0 Å². The smallest absolute Gasteiger partial charge is 0.205 e. The second kappa shape index (κ2) is 6.26. The second-order valence-electron chi connectivity index (χ2n) is 4.10. The van der Waals surface area contributed by atoms with Gasteiger partial charge in [0.05, 0.1) is 13.2 Å². The van der Waals surface area contributed by atoms with Crippen molar-refractivity contribution in [3.63, 3.8) is 0 Å². The molecule has 0 saturated carbocycles. The van der Waals surface area contributed by atoms with Crippen LogP contribution < -0.4 is 4.90 Å². The Balaban J connectivity index is 1.96. The van der Waals surface area contributed by atoms with E-state index in [-0.39, 0.29) is 0 Å². The van der Waals surface area contributed by atoms with E-state index in [9.17, 15) is 0 Å². The van der Waals surface area contributed by atoms with Gasteiger partial charge in [-0.3, -0.25) is 0 Å². The van der Waals surface area contributed by atoms with Gasteiger partial charge in [-0.2, -0.15) is 4.37 Å². The lowest BCUT2D eigenvalue weighted by molar-refractivity contribution is 0.201. The van der Waals surface area contributed by atoms with Crippen LogP contribution >= 0.6 is 22.9 Å². The van der Waals surface area contributed by atoms with E-state index >= 15 is 0 Å². The van der Waals surface area contributed by atoms with Crippen LogP contribution in [0.15, 0.2) is 12.1 Å². The highest BCUT2D eigenvalue weighted by Gasteiger charge is 2.10. The molecule has 2 rings (SSSR count). The fourth-order valence-electron chi connectivity index (χ4n) is 1.57. The number of aromatic nitrogens is 2. The van der Waals surface area contributed by atoms with Crippen LogP contribution in [-0.4, -0.2) is 30.1 Å². The van der Waals surface area contributed by atoms with Crippen LogP contribution in [0.3, 0.4) is 0 Å². The maximum atomic E-state index is 5.03. The van der Waals surface area contributed by atoms with Crippen LogP contribution in [0.4, 0.5) is 5.13 Å². The zero-order chi connectivity index (χ0) is 13.0. The molecule has 2 aromatic rings. The summed E-state index contributed by atoms with van der Waals surface area (Å²) in [6, 6.07) is 4.32. The van der Waals surface area contributed by atoms with Crippen molar-refractivity contribution in [2.45, 2.75) is 19.9 Å². The summed E-state index contributed by atoms with van der Waals surface area (Å²) in [6.45, 7) is 3.68. The molecule has 18 heavy (non-hydrogen) atoms. The highest BCUT2D eigenvalue weighted by Crippen LogP contribution is 2.22. The highest BCUT2D eigenvalue weighted by molar-refractivity contribution is 7.12. The average Bonchev–Trinajstić information content (AvgIpc) is 2.96. The number of ether oxygens (including phenoxy) is 1. The maximum Gasteiger partial charge on any atom is 0.205 e. The van der Waals surface area contributed by atoms with E-state index < -0.39 is 0 Å². The normalized spacial score (nSPS) is 10.8. The lowest BCUT2D eigenvalue weighted by atomic mass is 10.4. The molecular weight excluding hydrogens is 266 g/mol. The molecule has 0 amide bonds. The molecule has 0 N–H and O–H groups in total. The van der Waals surface area contributed by atoms with Gasteiger partial charge in [0.1, 0.15) is 5.82 Å². The Kier molecular flexibility index (Phi) is 4.68. The number of anilines is 1. The Bertz CT molecular complexity index is 495. The van der Waals surface area contributed by atoms with Gasteiger partial charge in [-0.15, -0.1) is 11.3 Å². The van der Waals surface area contributed by atoms with Crippen molar-refractivity contribution in [1.29, 1.82) is 0 Å². The van der Waals surface area contributed by atoms with E-state index in [4.69, 9.17) is 4.74 Å². The predicted molar refractivity (Wildman–Crippen MR) is 76.7 cm³/mol. The predicted octanol–water partition coefficient (Wildman–Crippen LogP) is 2.73. The molecule has 0 radical (unpaired) electrons. The molecule has 0 aliphatic rings. The molecule has 2 aromatic heterocycles. The standard InChI is InChI=1S/C12H17N3OS2/c1-9-4-5-10(17-9)8-15(2)12-13-11(14-18-12)6-7-16-3/h4-5H,6-8H2,1-3H3. The molecule has 2 heterocycles. The molecule has 4 nitrogen and oxygen atoms in total. The van der Waals surface area contributed by atoms with E-state index in [0.29, 0.717) is 6.61 Å². The summed E-state index contributed by atoms with van der Waals surface area (Å²) in [7, 11) is 3.74. The molecule has 0 saturated heterocycles. The first-order valence-corrected chi connectivity index (χ1v) is 7.36. The number of hydrogen-bond donors (Lipinski definition) is 0. The number of rotatable bonds is 6. The molecule has 0 bridgehead atoms. The summed E-state index contributed by atoms with van der Waals surface area (Å²) < 4.78 is 9.36. The molecule has 0 fully saturated rings. The first kappa shape index (κ1) is 13.5. The Hall–Kier alpha value is -0.980. The van der Waals surface area contributed by atoms with Crippen molar-refractivity contribution in [3.05, 3.63) is 27.7 Å². The number of aryl methyl sites for hydroxylation is 1. The van der Waals surface area contributed by atoms with Crippen LogP contribution in [0.1, 0.15) is 15.6 Å². The van der Waals surface area contributed by atoms with E-state index in [1.807, 2.05) is 11.3 Å². The Morgan fingerprint density at radius 2 is 2.22 bits per heavy atom. The molecule has 6 heteroatoms. The second-order valence-corrected chi connectivity index (χ2v) is 6.21. The summed E-state index contributed by atoms with van der Waals surface area (Å²) in [5, 5.41) is 0.965. The SMILES string of the molecule is COCCc1nsc(N(C)Cc2ccc(C)s2)n1. The zero-order valence-corrected chi connectivity index (χ0v) is 12.5. The van der Waals surface area contributed by atoms with Crippen molar-refractivity contribution in [1.82, 2.24) is 9.36 Å². The molecular formula is C12H17N3OS2. The molecule has 0 aliphatic carbocycles. The number of thiophene rings is 1. The third-order valence-corrected chi connectivity index (χ3v) is 4.36. The Morgan fingerprint density at radius 3 is 2.89 bits per heavy atom. The molecule has 0 aliphatic heterocycles. The van der Waals surface area contributed by atoms with Gasteiger partial charge in [0.15, 0.2) is 0 Å². The largest absolute Gasteiger partial charge is 0.384 e. The number of nitrogens with zero attached hydrogens (tertiary/aromatic N) is 3. The van der Waals surface area contributed by atoms with E-state index in [2.05, 4.69) is 40.4 Å². The van der Waals surface area contributed by atoms with Crippen molar-refractivity contribution < 1.29 is 4.74 Å². The monoisotopic (exact) mass is 283 g/mol. The minimum absolute atomic E-state index is 0.671. The van der Waals surface area contributed by atoms with Crippen molar-refractivity contribution >= 4 is 28.0 Å². The van der Waals surface area contributed by atoms with Gasteiger partial charge in [-0.05, 0) is 19.1 Å². The Morgan fingerprint density at radius 1 is 1.39 bits per heavy atom. The maximum absolute atomic E-state index is 5.03. The molecule has 0 atom stereocenters. The zero-order valence-electron chi connectivity index (χ0n) is 10.8. The van der Waals surface area contributed by atoms with Gasteiger partial charge in [0.25, 0.3) is 0 Å². The van der Waals surface area contributed by atoms with Gasteiger partial charge in [0, 0.05) is 41.9 Å². The average molecular weight is 283 g/mol. The summed E-state index contributed by atoms with van der Waals surface area (Å²) in [6.07, 6.45) is 0.777. The lowest BCUT2D eigenvalue weighted by Crippen LogP contribution is -2.15. The minimum Gasteiger partial charge on any atom is -0.384 e.